The van der Waals surface area contributed by atoms with Gasteiger partial charge in [-0.2, -0.15) is 5.10 Å². The molecule has 0 amide bonds. The van der Waals surface area contributed by atoms with Gasteiger partial charge in [-0.05, 0) is 26.1 Å². The van der Waals surface area contributed by atoms with Crippen LogP contribution in [0, 0.1) is 6.92 Å². The van der Waals surface area contributed by atoms with Gasteiger partial charge in [-0.15, -0.1) is 0 Å². The second-order valence-electron chi connectivity index (χ2n) is 7.65. The third-order valence-corrected chi connectivity index (χ3v) is 5.64. The average molecular weight is 419 g/mol. The number of benzene rings is 1. The first-order chi connectivity index (χ1) is 15.1. The van der Waals surface area contributed by atoms with Crippen LogP contribution >= 0.6 is 0 Å². The summed E-state index contributed by atoms with van der Waals surface area (Å²) in [5, 5.41) is 6.65. The van der Waals surface area contributed by atoms with Crippen LogP contribution in [0.25, 0.3) is 21.9 Å². The molecule has 0 saturated carbocycles. The minimum Gasteiger partial charge on any atom is -0.383 e. The molecule has 162 valence electrons. The summed E-state index contributed by atoms with van der Waals surface area (Å²) in [6, 6.07) is 10.5. The van der Waals surface area contributed by atoms with Gasteiger partial charge in [-0.1, -0.05) is 32.0 Å². The molecule has 3 aromatic heterocycles. The van der Waals surface area contributed by atoms with Gasteiger partial charge in [-0.25, -0.2) is 19.6 Å². The first kappa shape index (κ1) is 21.0. The van der Waals surface area contributed by atoms with E-state index in [1.165, 1.54) is 6.33 Å². The maximum atomic E-state index is 6.07. The Morgan fingerprint density at radius 1 is 1.03 bits per heavy atom. The van der Waals surface area contributed by atoms with E-state index >= 15 is 0 Å². The fourth-order valence-corrected chi connectivity index (χ4v) is 4.04. The normalized spacial score (nSPS) is 14.6. The van der Waals surface area contributed by atoms with Crippen molar-refractivity contribution in [1.29, 1.82) is 0 Å². The first-order valence-electron chi connectivity index (χ1n) is 10.9. The van der Waals surface area contributed by atoms with Gasteiger partial charge in [0.2, 0.25) is 0 Å². The molecule has 1 aliphatic heterocycles. The van der Waals surface area contributed by atoms with E-state index < -0.39 is 0 Å². The molecule has 1 fully saturated rings. The summed E-state index contributed by atoms with van der Waals surface area (Å²) in [6.07, 6.45) is 1.50. The van der Waals surface area contributed by atoms with Gasteiger partial charge in [0.05, 0.1) is 23.1 Å². The number of rotatable bonds is 3. The molecular formula is C23H30N8. The summed E-state index contributed by atoms with van der Waals surface area (Å²) >= 11 is 0. The molecule has 5 rings (SSSR count). The number of fused-ring (bicyclic) bond motifs is 2. The van der Waals surface area contributed by atoms with Gasteiger partial charge in [0, 0.05) is 37.1 Å². The van der Waals surface area contributed by atoms with Gasteiger partial charge < -0.3 is 15.5 Å². The van der Waals surface area contributed by atoms with Crippen molar-refractivity contribution in [2.24, 2.45) is 0 Å². The summed E-state index contributed by atoms with van der Waals surface area (Å²) in [7, 11) is 2.16. The molecule has 4 aromatic rings. The predicted molar refractivity (Wildman–Crippen MR) is 126 cm³/mol. The highest BCUT2D eigenvalue weighted by molar-refractivity contribution is 5.88. The zero-order valence-corrected chi connectivity index (χ0v) is 18.7. The van der Waals surface area contributed by atoms with Crippen LogP contribution in [-0.2, 0) is 6.54 Å². The molecular weight excluding hydrogens is 388 g/mol. The lowest BCUT2D eigenvalue weighted by atomic mass is 10.1. The van der Waals surface area contributed by atoms with Gasteiger partial charge in [0.25, 0.3) is 0 Å². The number of aromatic nitrogens is 5. The number of nitrogens with two attached hydrogens (primary N) is 1. The average Bonchev–Trinajstić information content (AvgIpc) is 3.11. The van der Waals surface area contributed by atoms with Crippen LogP contribution in [0.1, 0.15) is 25.1 Å². The number of hydrogen-bond donors (Lipinski definition) is 1. The van der Waals surface area contributed by atoms with Crippen molar-refractivity contribution < 1.29 is 0 Å². The number of piperazine rings is 1. The van der Waals surface area contributed by atoms with Crippen LogP contribution in [-0.4, -0.2) is 62.9 Å². The van der Waals surface area contributed by atoms with E-state index in [0.29, 0.717) is 12.4 Å². The fourth-order valence-electron chi connectivity index (χ4n) is 4.04. The third kappa shape index (κ3) is 4.03. The third-order valence-electron chi connectivity index (χ3n) is 5.64. The molecule has 1 aromatic carbocycles. The smallest absolute Gasteiger partial charge is 0.163 e. The van der Waals surface area contributed by atoms with Gasteiger partial charge in [-0.3, -0.25) is 0 Å². The maximum absolute atomic E-state index is 6.07. The molecule has 1 saturated heterocycles. The largest absolute Gasteiger partial charge is 0.383 e. The molecule has 8 heteroatoms. The summed E-state index contributed by atoms with van der Waals surface area (Å²) in [4.78, 5) is 18.3. The second-order valence-corrected chi connectivity index (χ2v) is 7.65. The van der Waals surface area contributed by atoms with Crippen LogP contribution in [0.2, 0.25) is 0 Å². The zero-order chi connectivity index (χ0) is 22.0. The summed E-state index contributed by atoms with van der Waals surface area (Å²) in [6.45, 7) is 10.5. The van der Waals surface area contributed by atoms with Gasteiger partial charge >= 0.3 is 0 Å². The van der Waals surface area contributed by atoms with Crippen molar-refractivity contribution in [2.75, 3.05) is 43.9 Å². The Kier molecular flexibility index (Phi) is 5.99. The maximum Gasteiger partial charge on any atom is 0.163 e. The lowest BCUT2D eigenvalue weighted by molar-refractivity contribution is 0.312. The van der Waals surface area contributed by atoms with Crippen molar-refractivity contribution in [3.05, 3.63) is 47.9 Å². The Labute approximate surface area is 182 Å². The minimum atomic E-state index is 0.467. The molecule has 0 unspecified atom stereocenters. The van der Waals surface area contributed by atoms with E-state index in [1.807, 2.05) is 37.6 Å². The molecule has 0 spiro atoms. The number of anilines is 2. The van der Waals surface area contributed by atoms with E-state index in [4.69, 9.17) is 15.8 Å². The molecule has 1 aliphatic rings. The SMILES string of the molecule is CC.Cc1nn(Cc2cc3ccccc3nc2N2CCN(C)CC2)c2ncnc(N)c12. The highest BCUT2D eigenvalue weighted by Crippen LogP contribution is 2.27. The van der Waals surface area contributed by atoms with Crippen molar-refractivity contribution in [1.82, 2.24) is 29.6 Å². The number of hydrogen-bond acceptors (Lipinski definition) is 7. The number of pyridine rings is 1. The summed E-state index contributed by atoms with van der Waals surface area (Å²) in [5.74, 6) is 1.50. The number of para-hydroxylation sites is 1. The minimum absolute atomic E-state index is 0.467. The number of likely N-dealkylation sites (N-methyl/N-ethyl adjacent to an activating group) is 1. The molecule has 4 heterocycles. The van der Waals surface area contributed by atoms with Crippen LogP contribution in [0.3, 0.4) is 0 Å². The molecule has 8 nitrogen and oxygen atoms in total. The van der Waals surface area contributed by atoms with Crippen molar-refractivity contribution in [2.45, 2.75) is 27.3 Å². The Hall–Kier alpha value is -3.26. The molecule has 31 heavy (non-hydrogen) atoms. The van der Waals surface area contributed by atoms with Crippen molar-refractivity contribution in [3.8, 4) is 0 Å². The van der Waals surface area contributed by atoms with E-state index in [0.717, 1.165) is 65.2 Å². The fraction of sp³-hybridized carbons (Fsp3) is 0.391. The van der Waals surface area contributed by atoms with Gasteiger partial charge in [0.15, 0.2) is 5.65 Å². The summed E-state index contributed by atoms with van der Waals surface area (Å²) < 4.78 is 1.91. The van der Waals surface area contributed by atoms with E-state index in [2.05, 4.69) is 45.0 Å². The van der Waals surface area contributed by atoms with Crippen LogP contribution in [0.4, 0.5) is 11.6 Å². The Morgan fingerprint density at radius 2 is 1.77 bits per heavy atom. The molecule has 0 radical (unpaired) electrons. The molecule has 2 N–H and O–H groups in total. The predicted octanol–water partition coefficient (Wildman–Crippen LogP) is 3.09. The standard InChI is InChI=1S/C21H24N8.C2H6/c1-14-18-19(22)23-13-24-21(18)29(26-14)12-16-11-15-5-3-4-6-17(15)25-20(16)28-9-7-27(2)8-10-28;1-2/h3-6,11,13H,7-10,12H2,1-2H3,(H2,22,23,24);1-2H3. The van der Waals surface area contributed by atoms with E-state index in [-0.39, 0.29) is 0 Å². The monoisotopic (exact) mass is 418 g/mol. The number of aryl methyl sites for hydroxylation is 1. The van der Waals surface area contributed by atoms with E-state index in [9.17, 15) is 0 Å². The van der Waals surface area contributed by atoms with Crippen LogP contribution < -0.4 is 10.6 Å². The number of nitrogen functional groups attached to an aromatic ring is 1. The van der Waals surface area contributed by atoms with E-state index in [1.54, 1.807) is 0 Å². The van der Waals surface area contributed by atoms with Gasteiger partial charge in [0.1, 0.15) is 18.0 Å². The van der Waals surface area contributed by atoms with Crippen molar-refractivity contribution >= 4 is 33.6 Å². The Morgan fingerprint density at radius 3 is 2.55 bits per heavy atom. The highest BCUT2D eigenvalue weighted by atomic mass is 15.3. The second kappa shape index (κ2) is 8.85. The lowest BCUT2D eigenvalue weighted by Gasteiger charge is -2.34. The van der Waals surface area contributed by atoms with Crippen LogP contribution in [0.15, 0.2) is 36.7 Å². The molecule has 0 atom stereocenters. The summed E-state index contributed by atoms with van der Waals surface area (Å²) in [5.41, 5.74) is 9.81. The quantitative estimate of drug-likeness (QED) is 0.547. The lowest BCUT2D eigenvalue weighted by Crippen LogP contribution is -2.45. The van der Waals surface area contributed by atoms with Crippen molar-refractivity contribution in [3.63, 3.8) is 0 Å². The Bertz CT molecular complexity index is 1190. The molecule has 0 bridgehead atoms. The van der Waals surface area contributed by atoms with Crippen LogP contribution in [0.5, 0.6) is 0 Å². The Balaban J connectivity index is 0.00000112. The highest BCUT2D eigenvalue weighted by Gasteiger charge is 2.21. The topological polar surface area (TPSA) is 89.0 Å². The zero-order valence-electron chi connectivity index (χ0n) is 18.7. The first-order valence-corrected chi connectivity index (χ1v) is 10.9. The number of nitrogens with zero attached hydrogens (tertiary/aromatic N) is 7. The molecule has 0 aliphatic carbocycles.